The first kappa shape index (κ1) is 12.8. The maximum Gasteiger partial charge on any atom is 0.0110 e. The van der Waals surface area contributed by atoms with E-state index in [2.05, 4.69) is 61.5 Å². The second kappa shape index (κ2) is 5.83. The number of hydrogen-bond donors (Lipinski definition) is 0. The predicted octanol–water partition coefficient (Wildman–Crippen LogP) is 5.34. The summed E-state index contributed by atoms with van der Waals surface area (Å²) in [6.45, 7) is 2.32. The van der Waals surface area contributed by atoms with Crippen molar-refractivity contribution in [3.05, 3.63) is 65.7 Å². The lowest BCUT2D eigenvalue weighted by molar-refractivity contribution is 0.495. The number of thioether (sulfide) groups is 1. The Morgan fingerprint density at radius 1 is 1.00 bits per heavy atom. The first-order valence-corrected chi connectivity index (χ1v) is 8.13. The van der Waals surface area contributed by atoms with Crippen LogP contribution >= 0.6 is 11.8 Å². The Kier molecular flexibility index (Phi) is 3.93. The van der Waals surface area contributed by atoms with Gasteiger partial charge in [-0.3, -0.25) is 0 Å². The molecule has 0 unspecified atom stereocenters. The minimum absolute atomic E-state index is 0.567. The Balaban J connectivity index is 2.04. The smallest absolute Gasteiger partial charge is 0.0110 e. The van der Waals surface area contributed by atoms with Gasteiger partial charge < -0.3 is 0 Å². The van der Waals surface area contributed by atoms with E-state index >= 15 is 0 Å². The van der Waals surface area contributed by atoms with Crippen LogP contribution in [0.25, 0.3) is 0 Å². The molecule has 0 fully saturated rings. The summed E-state index contributed by atoms with van der Waals surface area (Å²) >= 11 is 2.04. The van der Waals surface area contributed by atoms with Gasteiger partial charge in [-0.1, -0.05) is 61.9 Å². The van der Waals surface area contributed by atoms with Crippen LogP contribution in [0.15, 0.2) is 59.5 Å². The third kappa shape index (κ3) is 2.71. The van der Waals surface area contributed by atoms with Gasteiger partial charge in [0.25, 0.3) is 0 Å². The summed E-state index contributed by atoms with van der Waals surface area (Å²) < 4.78 is 0. The summed E-state index contributed by atoms with van der Waals surface area (Å²) in [7, 11) is 0. The third-order valence-electron chi connectivity index (χ3n) is 4.12. The van der Waals surface area contributed by atoms with Gasteiger partial charge in [-0.25, -0.2) is 0 Å². The molecule has 2 atom stereocenters. The summed E-state index contributed by atoms with van der Waals surface area (Å²) in [6.07, 6.45) is 2.56. The molecule has 1 heteroatoms. The fourth-order valence-corrected chi connectivity index (χ4v) is 4.26. The molecule has 1 aliphatic heterocycles. The molecular formula is C18H20S. The van der Waals surface area contributed by atoms with Crippen molar-refractivity contribution in [2.75, 3.05) is 5.75 Å². The normalized spacial score (nSPS) is 22.6. The summed E-state index contributed by atoms with van der Waals surface area (Å²) in [4.78, 5) is 1.48. The Labute approximate surface area is 120 Å². The number of benzene rings is 2. The Morgan fingerprint density at radius 3 is 2.53 bits per heavy atom. The molecule has 0 aromatic heterocycles. The molecular weight excluding hydrogens is 248 g/mol. The standard InChI is InChI=1S/C18H20S/c1-2-14-12-17(15-8-4-3-5-9-15)16-10-6-7-11-18(16)19-13-14/h3-11,14,17H,2,12-13H2,1H3/t14-,17-/m1/s1. The van der Waals surface area contributed by atoms with Gasteiger partial charge in [-0.05, 0) is 29.5 Å². The van der Waals surface area contributed by atoms with E-state index in [1.54, 1.807) is 0 Å². The van der Waals surface area contributed by atoms with Crippen LogP contribution in [0.4, 0.5) is 0 Å². The van der Waals surface area contributed by atoms with Crippen molar-refractivity contribution >= 4 is 11.8 Å². The average molecular weight is 268 g/mol. The van der Waals surface area contributed by atoms with Gasteiger partial charge in [0, 0.05) is 16.6 Å². The summed E-state index contributed by atoms with van der Waals surface area (Å²) in [5.74, 6) is 2.65. The van der Waals surface area contributed by atoms with Crippen molar-refractivity contribution in [3.8, 4) is 0 Å². The van der Waals surface area contributed by atoms with E-state index < -0.39 is 0 Å². The summed E-state index contributed by atoms with van der Waals surface area (Å²) in [6, 6.07) is 20.0. The Bertz CT molecular complexity index is 532. The topological polar surface area (TPSA) is 0 Å². The fraction of sp³-hybridized carbons (Fsp3) is 0.333. The van der Waals surface area contributed by atoms with Crippen LogP contribution in [0, 0.1) is 5.92 Å². The van der Waals surface area contributed by atoms with Gasteiger partial charge in [0.05, 0.1) is 0 Å². The highest BCUT2D eigenvalue weighted by atomic mass is 32.2. The van der Waals surface area contributed by atoms with Crippen LogP contribution < -0.4 is 0 Å². The highest BCUT2D eigenvalue weighted by Crippen LogP contribution is 2.42. The highest BCUT2D eigenvalue weighted by Gasteiger charge is 2.24. The molecule has 1 aliphatic rings. The minimum atomic E-state index is 0.567. The van der Waals surface area contributed by atoms with Gasteiger partial charge in [0.15, 0.2) is 0 Å². The van der Waals surface area contributed by atoms with E-state index in [-0.39, 0.29) is 0 Å². The van der Waals surface area contributed by atoms with E-state index in [4.69, 9.17) is 0 Å². The lowest BCUT2D eigenvalue weighted by atomic mass is 9.83. The van der Waals surface area contributed by atoms with Crippen LogP contribution in [-0.2, 0) is 0 Å². The zero-order valence-electron chi connectivity index (χ0n) is 11.4. The molecule has 2 aromatic carbocycles. The van der Waals surface area contributed by atoms with E-state index in [1.807, 2.05) is 11.8 Å². The van der Waals surface area contributed by atoms with Crippen LogP contribution in [0.5, 0.6) is 0 Å². The van der Waals surface area contributed by atoms with E-state index in [0.29, 0.717) is 5.92 Å². The molecule has 0 spiro atoms. The van der Waals surface area contributed by atoms with E-state index in [9.17, 15) is 0 Å². The number of hydrogen-bond acceptors (Lipinski definition) is 1. The molecule has 0 nitrogen and oxygen atoms in total. The monoisotopic (exact) mass is 268 g/mol. The van der Waals surface area contributed by atoms with Crippen molar-refractivity contribution in [3.63, 3.8) is 0 Å². The molecule has 1 heterocycles. The summed E-state index contributed by atoms with van der Waals surface area (Å²) in [5, 5.41) is 0. The van der Waals surface area contributed by atoms with Crippen molar-refractivity contribution in [2.45, 2.75) is 30.6 Å². The summed E-state index contributed by atoms with van der Waals surface area (Å²) in [5.41, 5.74) is 2.99. The molecule has 3 rings (SSSR count). The van der Waals surface area contributed by atoms with Crippen LogP contribution in [0.3, 0.4) is 0 Å². The molecule has 0 saturated heterocycles. The lowest BCUT2D eigenvalue weighted by Gasteiger charge is -2.20. The van der Waals surface area contributed by atoms with E-state index in [0.717, 1.165) is 5.92 Å². The van der Waals surface area contributed by atoms with Gasteiger partial charge >= 0.3 is 0 Å². The SMILES string of the molecule is CC[C@H]1CSc2ccccc2[C@@H](c2ccccc2)C1. The molecule has 0 amide bonds. The first-order chi connectivity index (χ1) is 9.38. The third-order valence-corrected chi connectivity index (χ3v) is 5.44. The van der Waals surface area contributed by atoms with Crippen LogP contribution in [0.1, 0.15) is 36.8 Å². The van der Waals surface area contributed by atoms with Crippen molar-refractivity contribution < 1.29 is 0 Å². The van der Waals surface area contributed by atoms with Crippen molar-refractivity contribution in [1.29, 1.82) is 0 Å². The van der Waals surface area contributed by atoms with Gasteiger partial charge in [0.1, 0.15) is 0 Å². The molecule has 0 saturated carbocycles. The van der Waals surface area contributed by atoms with Crippen molar-refractivity contribution in [1.82, 2.24) is 0 Å². The van der Waals surface area contributed by atoms with E-state index in [1.165, 1.54) is 34.6 Å². The maximum atomic E-state index is 2.32. The Hall–Kier alpha value is -1.21. The predicted molar refractivity (Wildman–Crippen MR) is 83.8 cm³/mol. The molecule has 0 N–H and O–H groups in total. The first-order valence-electron chi connectivity index (χ1n) is 7.15. The lowest BCUT2D eigenvalue weighted by Crippen LogP contribution is -2.08. The fourth-order valence-electron chi connectivity index (χ4n) is 2.92. The number of rotatable bonds is 2. The molecule has 2 aromatic rings. The van der Waals surface area contributed by atoms with Crippen molar-refractivity contribution in [2.24, 2.45) is 5.92 Å². The highest BCUT2D eigenvalue weighted by molar-refractivity contribution is 7.99. The second-order valence-electron chi connectivity index (χ2n) is 5.32. The largest absolute Gasteiger partial charge is 0.126 e. The Morgan fingerprint density at radius 2 is 1.74 bits per heavy atom. The average Bonchev–Trinajstić information content (AvgIpc) is 2.68. The molecule has 0 bridgehead atoms. The van der Waals surface area contributed by atoms with Gasteiger partial charge in [-0.15, -0.1) is 11.8 Å². The second-order valence-corrected chi connectivity index (χ2v) is 6.38. The van der Waals surface area contributed by atoms with Gasteiger partial charge in [0.2, 0.25) is 0 Å². The minimum Gasteiger partial charge on any atom is -0.126 e. The molecule has 0 radical (unpaired) electrons. The maximum absolute atomic E-state index is 2.32. The molecule has 98 valence electrons. The number of fused-ring (bicyclic) bond motifs is 1. The molecule has 19 heavy (non-hydrogen) atoms. The van der Waals surface area contributed by atoms with Crippen LogP contribution in [-0.4, -0.2) is 5.75 Å². The quantitative estimate of drug-likeness (QED) is 0.708. The van der Waals surface area contributed by atoms with Gasteiger partial charge in [-0.2, -0.15) is 0 Å². The zero-order chi connectivity index (χ0) is 13.1. The van der Waals surface area contributed by atoms with Crippen LogP contribution in [0.2, 0.25) is 0 Å². The zero-order valence-corrected chi connectivity index (χ0v) is 12.2. The molecule has 0 aliphatic carbocycles.